The third-order valence-corrected chi connectivity index (χ3v) is 3.37. The Morgan fingerprint density at radius 2 is 2.41 bits per heavy atom. The summed E-state index contributed by atoms with van der Waals surface area (Å²) in [5.41, 5.74) is -0.164. The van der Waals surface area contributed by atoms with Crippen molar-refractivity contribution in [3.63, 3.8) is 0 Å². The lowest BCUT2D eigenvalue weighted by Gasteiger charge is -2.36. The number of amides is 1. The van der Waals surface area contributed by atoms with Crippen molar-refractivity contribution in [3.05, 3.63) is 28.5 Å². The molecular formula is C12H15BrN2O2. The first kappa shape index (κ1) is 12.5. The van der Waals surface area contributed by atoms with Crippen molar-refractivity contribution < 1.29 is 9.90 Å². The number of carbonyl (C=O) groups excluding carboxylic acids is 1. The van der Waals surface area contributed by atoms with Crippen molar-refractivity contribution in [2.45, 2.75) is 25.4 Å². The highest BCUT2D eigenvalue weighted by atomic mass is 79.9. The highest BCUT2D eigenvalue weighted by Gasteiger charge is 2.31. The fraction of sp³-hybridized carbons (Fsp3) is 0.500. The van der Waals surface area contributed by atoms with Gasteiger partial charge >= 0.3 is 0 Å². The Bertz CT molecular complexity index is 434. The fourth-order valence-electron chi connectivity index (χ4n) is 2.11. The smallest absolute Gasteiger partial charge is 0.254 e. The van der Waals surface area contributed by atoms with Gasteiger partial charge in [-0.25, -0.2) is 4.98 Å². The van der Waals surface area contributed by atoms with E-state index in [1.807, 2.05) is 0 Å². The third kappa shape index (κ3) is 3.04. The van der Waals surface area contributed by atoms with Crippen LogP contribution in [0.3, 0.4) is 0 Å². The van der Waals surface area contributed by atoms with E-state index in [-0.39, 0.29) is 5.91 Å². The number of β-amino-alcohol motifs (C(OH)–C–C–N with tert-alkyl or cyclic N) is 1. The van der Waals surface area contributed by atoms with Gasteiger partial charge in [0.1, 0.15) is 4.60 Å². The normalized spacial score (nSPS) is 24.8. The van der Waals surface area contributed by atoms with Crippen molar-refractivity contribution in [3.8, 4) is 0 Å². The van der Waals surface area contributed by atoms with Crippen LogP contribution < -0.4 is 0 Å². The molecule has 1 aromatic rings. The molecule has 0 aromatic carbocycles. The zero-order valence-corrected chi connectivity index (χ0v) is 11.3. The molecule has 1 N–H and O–H groups in total. The monoisotopic (exact) mass is 298 g/mol. The maximum Gasteiger partial charge on any atom is 0.254 e. The van der Waals surface area contributed by atoms with Crippen LogP contribution in [0.2, 0.25) is 0 Å². The second kappa shape index (κ2) is 4.74. The minimum atomic E-state index is -0.766. The Labute approximate surface area is 109 Å². The molecule has 2 rings (SSSR count). The highest BCUT2D eigenvalue weighted by molar-refractivity contribution is 9.10. The zero-order chi connectivity index (χ0) is 12.5. The SMILES string of the molecule is CC1(O)CCCN(C(=O)c2ccnc(Br)c2)C1. The summed E-state index contributed by atoms with van der Waals surface area (Å²) in [6.45, 7) is 2.87. The number of hydrogen-bond donors (Lipinski definition) is 1. The van der Waals surface area contributed by atoms with E-state index < -0.39 is 5.60 Å². The summed E-state index contributed by atoms with van der Waals surface area (Å²) in [6, 6.07) is 3.39. The van der Waals surface area contributed by atoms with Crippen LogP contribution in [0.15, 0.2) is 22.9 Å². The van der Waals surface area contributed by atoms with Gasteiger partial charge in [-0.05, 0) is 47.8 Å². The van der Waals surface area contributed by atoms with Crippen molar-refractivity contribution in [2.75, 3.05) is 13.1 Å². The molecule has 1 fully saturated rings. The number of piperidine rings is 1. The number of likely N-dealkylation sites (tertiary alicyclic amines) is 1. The van der Waals surface area contributed by atoms with Crippen LogP contribution in [0.25, 0.3) is 0 Å². The lowest BCUT2D eigenvalue weighted by atomic mass is 9.95. The quantitative estimate of drug-likeness (QED) is 0.805. The van der Waals surface area contributed by atoms with Gasteiger partial charge in [-0.1, -0.05) is 0 Å². The predicted molar refractivity (Wildman–Crippen MR) is 67.7 cm³/mol. The van der Waals surface area contributed by atoms with Gasteiger partial charge in [0.25, 0.3) is 5.91 Å². The summed E-state index contributed by atoms with van der Waals surface area (Å²) in [4.78, 5) is 17.9. The average Bonchev–Trinajstić information content (AvgIpc) is 2.26. The van der Waals surface area contributed by atoms with Gasteiger partial charge < -0.3 is 10.0 Å². The van der Waals surface area contributed by atoms with E-state index in [4.69, 9.17) is 0 Å². The summed E-state index contributed by atoms with van der Waals surface area (Å²) >= 11 is 3.25. The molecule has 92 valence electrons. The van der Waals surface area contributed by atoms with Crippen molar-refractivity contribution in [1.29, 1.82) is 0 Å². The molecule has 5 heteroatoms. The maximum atomic E-state index is 12.2. The van der Waals surface area contributed by atoms with Crippen LogP contribution in [0, 0.1) is 0 Å². The zero-order valence-electron chi connectivity index (χ0n) is 9.69. The van der Waals surface area contributed by atoms with E-state index in [1.54, 1.807) is 30.2 Å². The average molecular weight is 299 g/mol. The van der Waals surface area contributed by atoms with Gasteiger partial charge in [0.05, 0.1) is 5.60 Å². The van der Waals surface area contributed by atoms with Crippen LogP contribution in [0.5, 0.6) is 0 Å². The summed E-state index contributed by atoms with van der Waals surface area (Å²) in [6.07, 6.45) is 3.18. The molecule has 1 saturated heterocycles. The van der Waals surface area contributed by atoms with Gasteiger partial charge in [-0.15, -0.1) is 0 Å². The molecule has 1 aromatic heterocycles. The maximum absolute atomic E-state index is 12.2. The van der Waals surface area contributed by atoms with Crippen molar-refractivity contribution in [1.82, 2.24) is 9.88 Å². The van der Waals surface area contributed by atoms with Gasteiger partial charge in [0.2, 0.25) is 0 Å². The molecule has 17 heavy (non-hydrogen) atoms. The van der Waals surface area contributed by atoms with Crippen LogP contribution in [-0.2, 0) is 0 Å². The topological polar surface area (TPSA) is 53.4 Å². The molecule has 1 aliphatic rings. The second-order valence-electron chi connectivity index (χ2n) is 4.69. The summed E-state index contributed by atoms with van der Waals surface area (Å²) < 4.78 is 0.645. The summed E-state index contributed by atoms with van der Waals surface area (Å²) in [7, 11) is 0. The largest absolute Gasteiger partial charge is 0.388 e. The number of rotatable bonds is 1. The second-order valence-corrected chi connectivity index (χ2v) is 5.51. The Hall–Kier alpha value is -0.940. The lowest BCUT2D eigenvalue weighted by molar-refractivity contribution is -0.0107. The first-order valence-electron chi connectivity index (χ1n) is 5.61. The van der Waals surface area contributed by atoms with E-state index in [9.17, 15) is 9.90 Å². The Balaban J connectivity index is 2.15. The van der Waals surface area contributed by atoms with Crippen LogP contribution in [0.4, 0.5) is 0 Å². The van der Waals surface area contributed by atoms with Gasteiger partial charge in [-0.2, -0.15) is 0 Å². The van der Waals surface area contributed by atoms with E-state index in [1.165, 1.54) is 0 Å². The first-order valence-corrected chi connectivity index (χ1v) is 6.40. The molecule has 0 radical (unpaired) electrons. The molecule has 0 saturated carbocycles. The number of aromatic nitrogens is 1. The summed E-state index contributed by atoms with van der Waals surface area (Å²) in [5.74, 6) is -0.0481. The van der Waals surface area contributed by atoms with Gasteiger partial charge in [0, 0.05) is 24.8 Å². The van der Waals surface area contributed by atoms with E-state index >= 15 is 0 Å². The summed E-state index contributed by atoms with van der Waals surface area (Å²) in [5, 5.41) is 9.98. The molecule has 2 heterocycles. The molecule has 1 amide bonds. The third-order valence-electron chi connectivity index (χ3n) is 2.94. The number of nitrogens with zero attached hydrogens (tertiary/aromatic N) is 2. The standard InChI is InChI=1S/C12H15BrN2O2/c1-12(17)4-2-6-15(8-12)11(16)9-3-5-14-10(13)7-9/h3,5,7,17H,2,4,6,8H2,1H3. The Kier molecular flexibility index (Phi) is 3.49. The number of pyridine rings is 1. The number of carbonyl (C=O) groups is 1. The first-order chi connectivity index (χ1) is 7.98. The number of aliphatic hydroxyl groups is 1. The number of hydrogen-bond acceptors (Lipinski definition) is 3. The molecule has 1 unspecified atom stereocenters. The molecule has 0 aliphatic carbocycles. The van der Waals surface area contributed by atoms with E-state index in [0.29, 0.717) is 23.3 Å². The van der Waals surface area contributed by atoms with E-state index in [0.717, 1.165) is 12.8 Å². The Morgan fingerprint density at radius 3 is 3.06 bits per heavy atom. The van der Waals surface area contributed by atoms with Crippen LogP contribution >= 0.6 is 15.9 Å². The molecule has 1 aliphatic heterocycles. The van der Waals surface area contributed by atoms with Crippen LogP contribution in [0.1, 0.15) is 30.1 Å². The lowest BCUT2D eigenvalue weighted by Crippen LogP contribution is -2.48. The van der Waals surface area contributed by atoms with Crippen molar-refractivity contribution in [2.24, 2.45) is 0 Å². The Morgan fingerprint density at radius 1 is 1.65 bits per heavy atom. The molecule has 0 bridgehead atoms. The minimum Gasteiger partial charge on any atom is -0.388 e. The van der Waals surface area contributed by atoms with E-state index in [2.05, 4.69) is 20.9 Å². The molecule has 4 nitrogen and oxygen atoms in total. The number of halogens is 1. The molecule has 0 spiro atoms. The molecule has 1 atom stereocenters. The fourth-order valence-corrected chi connectivity index (χ4v) is 2.48. The van der Waals surface area contributed by atoms with Gasteiger partial charge in [-0.3, -0.25) is 4.79 Å². The van der Waals surface area contributed by atoms with Gasteiger partial charge in [0.15, 0.2) is 0 Å². The molecular weight excluding hydrogens is 284 g/mol. The highest BCUT2D eigenvalue weighted by Crippen LogP contribution is 2.22. The van der Waals surface area contributed by atoms with Crippen molar-refractivity contribution >= 4 is 21.8 Å². The van der Waals surface area contributed by atoms with Crippen LogP contribution in [-0.4, -0.2) is 39.6 Å². The predicted octanol–water partition coefficient (Wildman–Crippen LogP) is 1.83. The minimum absolute atomic E-state index is 0.0481.